The van der Waals surface area contributed by atoms with Crippen molar-refractivity contribution in [3.63, 3.8) is 0 Å². The van der Waals surface area contributed by atoms with Crippen LogP contribution in [0.1, 0.15) is 10.4 Å². The Morgan fingerprint density at radius 3 is 2.64 bits per heavy atom. The van der Waals surface area contributed by atoms with E-state index in [0.717, 1.165) is 84.9 Å². The lowest BCUT2D eigenvalue weighted by Gasteiger charge is -2.34. The van der Waals surface area contributed by atoms with E-state index in [4.69, 9.17) is 14.7 Å². The molecule has 2 fully saturated rings. The minimum atomic E-state index is 0.216. The van der Waals surface area contributed by atoms with Crippen molar-refractivity contribution >= 4 is 38.3 Å². The number of nitrogens with one attached hydrogen (secondary N) is 1. The average molecular weight is 504 g/mol. The Bertz CT molecular complexity index is 1410. The lowest BCUT2D eigenvalue weighted by molar-refractivity contribution is 0.109. The Labute approximate surface area is 213 Å². The number of nitrogens with zero attached hydrogens (tertiary/aromatic N) is 6. The number of morpholine rings is 1. The maximum absolute atomic E-state index is 9.60. The predicted octanol–water partition coefficient (Wildman–Crippen LogP) is 2.66. The summed E-state index contributed by atoms with van der Waals surface area (Å²) in [5.41, 5.74) is 3.32. The van der Waals surface area contributed by atoms with Gasteiger partial charge in [0.25, 0.3) is 0 Å². The van der Waals surface area contributed by atoms with E-state index in [1.54, 1.807) is 11.3 Å². The number of aliphatic hydroxyl groups is 1. The van der Waals surface area contributed by atoms with Gasteiger partial charge in [0.1, 0.15) is 0 Å². The van der Waals surface area contributed by atoms with Crippen molar-refractivity contribution in [3.05, 3.63) is 40.9 Å². The number of thiophene rings is 1. The van der Waals surface area contributed by atoms with Gasteiger partial charge in [-0.05, 0) is 24.3 Å². The van der Waals surface area contributed by atoms with Crippen molar-refractivity contribution in [1.29, 1.82) is 5.26 Å². The molecule has 2 aliphatic rings. The fraction of sp³-hybridized carbons (Fsp3) is 0.423. The van der Waals surface area contributed by atoms with Gasteiger partial charge in [-0.25, -0.2) is 9.97 Å². The number of aromatic amines is 1. The molecule has 0 bridgehead atoms. The van der Waals surface area contributed by atoms with Crippen LogP contribution in [0.5, 0.6) is 0 Å². The number of rotatable bonds is 6. The summed E-state index contributed by atoms with van der Waals surface area (Å²) in [6.45, 7) is 8.76. The third-order valence-electron chi connectivity index (χ3n) is 7.01. The first-order valence-electron chi connectivity index (χ1n) is 12.4. The summed E-state index contributed by atoms with van der Waals surface area (Å²) in [5, 5.41) is 19.8. The predicted molar refractivity (Wildman–Crippen MR) is 141 cm³/mol. The number of H-pyrrole nitrogens is 1. The average Bonchev–Trinajstić information content (AvgIpc) is 3.56. The fourth-order valence-corrected chi connectivity index (χ4v) is 6.26. The van der Waals surface area contributed by atoms with E-state index in [0.29, 0.717) is 24.6 Å². The standard InChI is InChI=1S/C26H29N7O2S/c27-16-18-13-21(20-1-2-28-22(20)14-18)25-29-23-15-19(17-32-5-3-31(4-6-32)7-10-34)36-24(23)26(30-25)33-8-11-35-12-9-33/h1-2,13-15,28,34H,3-12,17H2. The molecular formula is C26H29N7O2S. The molecule has 186 valence electrons. The van der Waals surface area contributed by atoms with Crippen LogP contribution in [-0.2, 0) is 11.3 Å². The zero-order chi connectivity index (χ0) is 24.5. The Balaban J connectivity index is 1.39. The van der Waals surface area contributed by atoms with Crippen LogP contribution >= 0.6 is 11.3 Å². The minimum absolute atomic E-state index is 0.216. The Kier molecular flexibility index (Phi) is 6.56. The van der Waals surface area contributed by atoms with Gasteiger partial charge in [-0.3, -0.25) is 9.80 Å². The van der Waals surface area contributed by atoms with Crippen LogP contribution in [0, 0.1) is 11.3 Å². The van der Waals surface area contributed by atoms with Crippen molar-refractivity contribution < 1.29 is 9.84 Å². The van der Waals surface area contributed by atoms with E-state index in [9.17, 15) is 10.4 Å². The third-order valence-corrected chi connectivity index (χ3v) is 8.12. The van der Waals surface area contributed by atoms with E-state index in [1.165, 1.54) is 4.88 Å². The zero-order valence-electron chi connectivity index (χ0n) is 20.1. The first kappa shape index (κ1) is 23.3. The van der Waals surface area contributed by atoms with Gasteiger partial charge in [0.2, 0.25) is 0 Å². The lowest BCUT2D eigenvalue weighted by atomic mass is 10.1. The number of benzene rings is 1. The highest BCUT2D eigenvalue weighted by atomic mass is 32.1. The molecule has 0 amide bonds. The molecule has 0 aliphatic carbocycles. The third kappa shape index (κ3) is 4.56. The van der Waals surface area contributed by atoms with E-state index in [1.807, 2.05) is 24.4 Å². The number of anilines is 1. The molecule has 36 heavy (non-hydrogen) atoms. The quantitative estimate of drug-likeness (QED) is 0.414. The van der Waals surface area contributed by atoms with Gasteiger partial charge in [-0.15, -0.1) is 11.3 Å². The zero-order valence-corrected chi connectivity index (χ0v) is 20.9. The molecule has 1 aromatic carbocycles. The summed E-state index contributed by atoms with van der Waals surface area (Å²) >= 11 is 1.78. The maximum Gasteiger partial charge on any atom is 0.162 e. The molecule has 2 N–H and O–H groups in total. The van der Waals surface area contributed by atoms with Crippen LogP contribution in [0.25, 0.3) is 32.5 Å². The van der Waals surface area contributed by atoms with Crippen LogP contribution in [0.4, 0.5) is 5.82 Å². The molecule has 3 aromatic heterocycles. The second-order valence-corrected chi connectivity index (χ2v) is 10.4. The van der Waals surface area contributed by atoms with Crippen molar-refractivity contribution in [1.82, 2.24) is 24.8 Å². The summed E-state index contributed by atoms with van der Waals surface area (Å²) in [6, 6.07) is 10.2. The highest BCUT2D eigenvalue weighted by molar-refractivity contribution is 7.19. The highest BCUT2D eigenvalue weighted by Gasteiger charge is 2.23. The first-order valence-corrected chi connectivity index (χ1v) is 13.2. The highest BCUT2D eigenvalue weighted by Crippen LogP contribution is 2.37. The van der Waals surface area contributed by atoms with E-state index >= 15 is 0 Å². The number of ether oxygens (including phenoxy) is 1. The van der Waals surface area contributed by atoms with Crippen molar-refractivity contribution in [3.8, 4) is 17.5 Å². The fourth-order valence-electron chi connectivity index (χ4n) is 5.10. The molecule has 9 nitrogen and oxygen atoms in total. The van der Waals surface area contributed by atoms with Gasteiger partial charge in [-0.1, -0.05) is 0 Å². The largest absolute Gasteiger partial charge is 0.395 e. The normalized spacial score (nSPS) is 17.7. The molecule has 0 radical (unpaired) electrons. The molecule has 10 heteroatoms. The smallest absolute Gasteiger partial charge is 0.162 e. The van der Waals surface area contributed by atoms with Crippen molar-refractivity contribution in [2.45, 2.75) is 6.54 Å². The molecule has 4 aromatic rings. The van der Waals surface area contributed by atoms with Crippen LogP contribution < -0.4 is 4.90 Å². The molecule has 2 aliphatic heterocycles. The molecule has 0 saturated carbocycles. The van der Waals surface area contributed by atoms with E-state index in [2.05, 4.69) is 31.8 Å². The number of aliphatic hydroxyl groups excluding tert-OH is 1. The molecular weight excluding hydrogens is 474 g/mol. The summed E-state index contributed by atoms with van der Waals surface area (Å²) in [4.78, 5) is 21.7. The molecule has 0 unspecified atom stereocenters. The molecule has 2 saturated heterocycles. The summed E-state index contributed by atoms with van der Waals surface area (Å²) in [7, 11) is 0. The van der Waals surface area contributed by atoms with Gasteiger partial charge >= 0.3 is 0 Å². The minimum Gasteiger partial charge on any atom is -0.395 e. The number of β-amino-alcohol motifs (C(OH)–C–C–N with tert-alkyl or cyclic N) is 1. The van der Waals surface area contributed by atoms with E-state index in [-0.39, 0.29) is 6.61 Å². The van der Waals surface area contributed by atoms with Gasteiger partial charge < -0.3 is 19.7 Å². The van der Waals surface area contributed by atoms with Crippen molar-refractivity contribution in [2.24, 2.45) is 0 Å². The summed E-state index contributed by atoms with van der Waals surface area (Å²) in [6.07, 6.45) is 1.89. The Morgan fingerprint density at radius 2 is 1.86 bits per heavy atom. The van der Waals surface area contributed by atoms with Gasteiger partial charge in [-0.2, -0.15) is 5.26 Å². The Morgan fingerprint density at radius 1 is 1.06 bits per heavy atom. The molecule has 0 spiro atoms. The van der Waals surface area contributed by atoms with Crippen molar-refractivity contribution in [2.75, 3.05) is 70.5 Å². The lowest BCUT2D eigenvalue weighted by Crippen LogP contribution is -2.46. The van der Waals surface area contributed by atoms with Gasteiger partial charge in [0, 0.05) is 79.9 Å². The number of aromatic nitrogens is 3. The van der Waals surface area contributed by atoms with Gasteiger partial charge in [0.15, 0.2) is 11.6 Å². The van der Waals surface area contributed by atoms with E-state index < -0.39 is 0 Å². The molecule has 0 atom stereocenters. The first-order chi connectivity index (χ1) is 17.7. The van der Waals surface area contributed by atoms with Crippen LogP contribution in [0.15, 0.2) is 30.5 Å². The number of nitriles is 1. The molecule has 6 rings (SSSR count). The Hall–Kier alpha value is -3.07. The SMILES string of the molecule is N#Cc1cc(-c2nc(N3CCOCC3)c3sc(CN4CCN(CCO)CC4)cc3n2)c2cc[nH]c2c1. The number of piperazine rings is 1. The van der Waals surface area contributed by atoms with Gasteiger partial charge in [0.05, 0.1) is 41.7 Å². The molecule has 5 heterocycles. The second kappa shape index (κ2) is 10.1. The van der Waals surface area contributed by atoms with Crippen LogP contribution in [0.3, 0.4) is 0 Å². The second-order valence-electron chi connectivity index (χ2n) is 9.31. The monoisotopic (exact) mass is 503 g/mol. The number of fused-ring (bicyclic) bond motifs is 2. The maximum atomic E-state index is 9.60. The summed E-state index contributed by atoms with van der Waals surface area (Å²) in [5.74, 6) is 1.60. The number of hydrogen-bond donors (Lipinski definition) is 2. The van der Waals surface area contributed by atoms with Crippen LogP contribution in [-0.4, -0.2) is 95.5 Å². The van der Waals surface area contributed by atoms with Crippen LogP contribution in [0.2, 0.25) is 0 Å². The topological polar surface area (TPSA) is 105 Å². The summed E-state index contributed by atoms with van der Waals surface area (Å²) < 4.78 is 6.72. The number of hydrogen-bond acceptors (Lipinski definition) is 9.